The van der Waals surface area contributed by atoms with Gasteiger partial charge in [0, 0.05) is 38.8 Å². The van der Waals surface area contributed by atoms with Gasteiger partial charge in [-0.3, -0.25) is 0 Å². The summed E-state index contributed by atoms with van der Waals surface area (Å²) in [4.78, 5) is 12.7. The number of nitrogens with one attached hydrogen (secondary N) is 2. The second-order valence-corrected chi connectivity index (χ2v) is 4.37. The number of rotatable bonds is 5. The molecule has 0 spiro atoms. The molecule has 17 heavy (non-hydrogen) atoms. The Labute approximate surface area is 107 Å². The summed E-state index contributed by atoms with van der Waals surface area (Å²) in [5, 5.41) is 6.75. The highest BCUT2D eigenvalue weighted by Crippen LogP contribution is 2.09. The number of carbonyl (C=O) groups is 1. The predicted octanol–water partition coefficient (Wildman–Crippen LogP) is 1.70. The minimum Gasteiger partial charge on any atom is -0.337 e. The van der Waals surface area contributed by atoms with Crippen molar-refractivity contribution < 1.29 is 4.79 Å². The van der Waals surface area contributed by atoms with Gasteiger partial charge < -0.3 is 15.5 Å². The summed E-state index contributed by atoms with van der Waals surface area (Å²) in [7, 11) is 3.43. The van der Waals surface area contributed by atoms with Crippen LogP contribution in [0.1, 0.15) is 5.56 Å². The Hall–Kier alpha value is -1.26. The van der Waals surface area contributed by atoms with Gasteiger partial charge in [0.25, 0.3) is 0 Å². The molecule has 0 aromatic heterocycles. The number of amides is 2. The maximum Gasteiger partial charge on any atom is 0.316 e. The van der Waals surface area contributed by atoms with E-state index in [1.807, 2.05) is 24.3 Å². The molecule has 1 aromatic carbocycles. The first kappa shape index (κ1) is 13.8. The number of hydrogen-bond acceptors (Lipinski definition) is 2. The van der Waals surface area contributed by atoms with E-state index >= 15 is 0 Å². The molecule has 2 N–H and O–H groups in total. The lowest BCUT2D eigenvalue weighted by molar-refractivity contribution is 0.217. The van der Waals surface area contributed by atoms with Gasteiger partial charge in [-0.25, -0.2) is 4.79 Å². The fraction of sp³-hybridized carbons (Fsp3) is 0.417. The van der Waals surface area contributed by atoms with Crippen LogP contribution < -0.4 is 10.6 Å². The lowest BCUT2D eigenvalue weighted by Crippen LogP contribution is -2.38. The molecule has 1 aromatic rings. The third-order valence-corrected chi connectivity index (χ3v) is 2.44. The zero-order valence-corrected chi connectivity index (χ0v) is 10.9. The summed E-state index contributed by atoms with van der Waals surface area (Å²) >= 11 is 5.87. The van der Waals surface area contributed by atoms with E-state index < -0.39 is 0 Å². The largest absolute Gasteiger partial charge is 0.337 e. The smallest absolute Gasteiger partial charge is 0.316 e. The van der Waals surface area contributed by atoms with E-state index in [0.717, 1.165) is 23.7 Å². The highest BCUT2D eigenvalue weighted by atomic mass is 35.5. The van der Waals surface area contributed by atoms with Crippen molar-refractivity contribution in [1.29, 1.82) is 0 Å². The minimum absolute atomic E-state index is 0.0745. The first-order chi connectivity index (χ1) is 8.09. The van der Waals surface area contributed by atoms with E-state index in [1.54, 1.807) is 14.1 Å². The minimum atomic E-state index is -0.0745. The van der Waals surface area contributed by atoms with Crippen LogP contribution in [0.5, 0.6) is 0 Å². The van der Waals surface area contributed by atoms with E-state index in [2.05, 4.69) is 10.6 Å². The summed E-state index contributed by atoms with van der Waals surface area (Å²) in [5.41, 5.74) is 1.14. The van der Waals surface area contributed by atoms with E-state index in [9.17, 15) is 4.79 Å². The van der Waals surface area contributed by atoms with E-state index in [0.29, 0.717) is 6.54 Å². The number of halogens is 1. The lowest BCUT2D eigenvalue weighted by atomic mass is 10.2. The van der Waals surface area contributed by atoms with Crippen molar-refractivity contribution in [3.8, 4) is 0 Å². The van der Waals surface area contributed by atoms with Crippen molar-refractivity contribution >= 4 is 17.6 Å². The van der Waals surface area contributed by atoms with Crippen LogP contribution in [0.4, 0.5) is 4.79 Å². The first-order valence-corrected chi connectivity index (χ1v) is 5.87. The molecule has 94 valence electrons. The lowest BCUT2D eigenvalue weighted by Gasteiger charge is -2.12. The van der Waals surface area contributed by atoms with Gasteiger partial charge in [-0.1, -0.05) is 23.7 Å². The van der Waals surface area contributed by atoms with Gasteiger partial charge in [0.15, 0.2) is 0 Å². The van der Waals surface area contributed by atoms with Crippen LogP contribution in [-0.2, 0) is 6.54 Å². The number of urea groups is 1. The normalized spacial score (nSPS) is 10.1. The molecule has 0 atom stereocenters. The third-order valence-electron chi connectivity index (χ3n) is 2.20. The molecule has 4 nitrogen and oxygen atoms in total. The molecule has 0 fully saturated rings. The molecule has 0 aliphatic heterocycles. The van der Waals surface area contributed by atoms with Crippen LogP contribution in [0.2, 0.25) is 5.02 Å². The van der Waals surface area contributed by atoms with Crippen molar-refractivity contribution in [1.82, 2.24) is 15.5 Å². The van der Waals surface area contributed by atoms with E-state index in [-0.39, 0.29) is 6.03 Å². The molecule has 0 heterocycles. The van der Waals surface area contributed by atoms with Gasteiger partial charge >= 0.3 is 6.03 Å². The fourth-order valence-electron chi connectivity index (χ4n) is 1.30. The van der Waals surface area contributed by atoms with Crippen molar-refractivity contribution in [2.45, 2.75) is 6.54 Å². The van der Waals surface area contributed by atoms with Crippen molar-refractivity contribution in [3.63, 3.8) is 0 Å². The van der Waals surface area contributed by atoms with Gasteiger partial charge in [-0.05, 0) is 17.7 Å². The highest BCUT2D eigenvalue weighted by molar-refractivity contribution is 6.30. The highest BCUT2D eigenvalue weighted by Gasteiger charge is 2.00. The Kier molecular flexibility index (Phi) is 5.80. The molecule has 0 unspecified atom stereocenters. The average molecular weight is 256 g/mol. The Morgan fingerprint density at radius 1 is 1.35 bits per heavy atom. The standard InChI is InChI=1S/C12H18ClN3O/c1-16(2)12(17)15-7-6-14-9-10-4-3-5-11(13)8-10/h3-5,8,14H,6-7,9H2,1-2H3,(H,15,17). The van der Waals surface area contributed by atoms with Crippen LogP contribution in [0, 0.1) is 0 Å². The number of nitrogens with zero attached hydrogens (tertiary/aromatic N) is 1. The van der Waals surface area contributed by atoms with Crippen LogP contribution in [0.25, 0.3) is 0 Å². The van der Waals surface area contributed by atoms with Gasteiger partial charge in [-0.15, -0.1) is 0 Å². The molecule has 0 saturated carbocycles. The van der Waals surface area contributed by atoms with Crippen LogP contribution >= 0.6 is 11.6 Å². The molecule has 0 radical (unpaired) electrons. The van der Waals surface area contributed by atoms with Gasteiger partial charge in [0.2, 0.25) is 0 Å². The summed E-state index contributed by atoms with van der Waals surface area (Å²) in [5.74, 6) is 0. The quantitative estimate of drug-likeness (QED) is 0.787. The first-order valence-electron chi connectivity index (χ1n) is 5.50. The van der Waals surface area contributed by atoms with Crippen LogP contribution in [0.3, 0.4) is 0 Å². The summed E-state index contributed by atoms with van der Waals surface area (Å²) in [6.07, 6.45) is 0. The molecule has 1 rings (SSSR count). The molecule has 0 aliphatic rings. The molecule has 5 heteroatoms. The number of benzene rings is 1. The fourth-order valence-corrected chi connectivity index (χ4v) is 1.51. The SMILES string of the molecule is CN(C)C(=O)NCCNCc1cccc(Cl)c1. The maximum atomic E-state index is 11.2. The van der Waals surface area contributed by atoms with Crippen molar-refractivity contribution in [3.05, 3.63) is 34.9 Å². The second-order valence-electron chi connectivity index (χ2n) is 3.93. The number of carbonyl (C=O) groups excluding carboxylic acids is 1. The molecule has 2 amide bonds. The maximum absolute atomic E-state index is 11.2. The second kappa shape index (κ2) is 7.14. The Bertz CT molecular complexity index is 369. The van der Waals surface area contributed by atoms with Crippen molar-refractivity contribution in [2.75, 3.05) is 27.2 Å². The van der Waals surface area contributed by atoms with E-state index in [1.165, 1.54) is 4.90 Å². The summed E-state index contributed by atoms with van der Waals surface area (Å²) in [6.45, 7) is 2.09. The Morgan fingerprint density at radius 2 is 2.12 bits per heavy atom. The van der Waals surface area contributed by atoms with Crippen LogP contribution in [0.15, 0.2) is 24.3 Å². The zero-order chi connectivity index (χ0) is 12.7. The zero-order valence-electron chi connectivity index (χ0n) is 10.2. The predicted molar refractivity (Wildman–Crippen MR) is 70.2 cm³/mol. The molecule has 0 saturated heterocycles. The monoisotopic (exact) mass is 255 g/mol. The molecule has 0 bridgehead atoms. The Morgan fingerprint density at radius 3 is 2.76 bits per heavy atom. The third kappa shape index (κ3) is 5.56. The van der Waals surface area contributed by atoms with Gasteiger partial charge in [-0.2, -0.15) is 0 Å². The average Bonchev–Trinajstić information content (AvgIpc) is 2.28. The molecule has 0 aliphatic carbocycles. The number of hydrogen-bond donors (Lipinski definition) is 2. The topological polar surface area (TPSA) is 44.4 Å². The summed E-state index contributed by atoms with van der Waals surface area (Å²) < 4.78 is 0. The van der Waals surface area contributed by atoms with E-state index in [4.69, 9.17) is 11.6 Å². The summed E-state index contributed by atoms with van der Waals surface area (Å²) in [6, 6.07) is 7.63. The van der Waals surface area contributed by atoms with Gasteiger partial charge in [0.1, 0.15) is 0 Å². The Balaban J connectivity index is 2.14. The van der Waals surface area contributed by atoms with Crippen molar-refractivity contribution in [2.24, 2.45) is 0 Å². The van der Waals surface area contributed by atoms with Gasteiger partial charge in [0.05, 0.1) is 0 Å². The van der Waals surface area contributed by atoms with Crippen LogP contribution in [-0.4, -0.2) is 38.1 Å². The molecular weight excluding hydrogens is 238 g/mol. The molecular formula is C12H18ClN3O.